The summed E-state index contributed by atoms with van der Waals surface area (Å²) in [5.74, 6) is 2.63. The van der Waals surface area contributed by atoms with Crippen LogP contribution in [0.5, 0.6) is 0 Å². The van der Waals surface area contributed by atoms with E-state index in [1.54, 1.807) is 6.26 Å². The molecule has 1 heterocycles. The zero-order valence-electron chi connectivity index (χ0n) is 9.70. The van der Waals surface area contributed by atoms with E-state index in [0.717, 1.165) is 30.7 Å². The lowest BCUT2D eigenvalue weighted by Gasteiger charge is -2.09. The van der Waals surface area contributed by atoms with Crippen molar-refractivity contribution in [2.75, 3.05) is 13.1 Å². The predicted molar refractivity (Wildman–Crippen MR) is 64.3 cm³/mol. The Hall–Kier alpha value is -1.45. The van der Waals surface area contributed by atoms with Crippen LogP contribution in [-0.4, -0.2) is 19.0 Å². The van der Waals surface area contributed by atoms with Crippen LogP contribution in [0.25, 0.3) is 0 Å². The second-order valence-corrected chi connectivity index (χ2v) is 4.10. The Kier molecular flexibility index (Phi) is 3.86. The van der Waals surface area contributed by atoms with Gasteiger partial charge in [0.15, 0.2) is 5.96 Å². The van der Waals surface area contributed by atoms with E-state index in [4.69, 9.17) is 4.42 Å². The van der Waals surface area contributed by atoms with Crippen molar-refractivity contribution in [3.05, 3.63) is 24.2 Å². The van der Waals surface area contributed by atoms with Crippen LogP contribution in [0, 0.1) is 5.92 Å². The molecule has 1 aliphatic rings. The second-order valence-electron chi connectivity index (χ2n) is 4.10. The van der Waals surface area contributed by atoms with Gasteiger partial charge in [-0.2, -0.15) is 0 Å². The molecule has 0 atom stereocenters. The Balaban J connectivity index is 1.81. The first-order valence-corrected chi connectivity index (χ1v) is 5.93. The van der Waals surface area contributed by atoms with Gasteiger partial charge in [0.05, 0.1) is 6.26 Å². The maximum atomic E-state index is 5.24. The van der Waals surface area contributed by atoms with Crippen LogP contribution in [0.3, 0.4) is 0 Å². The lowest BCUT2D eigenvalue weighted by molar-refractivity contribution is 0.512. The summed E-state index contributed by atoms with van der Waals surface area (Å²) in [5.41, 5.74) is 0. The third-order valence-electron chi connectivity index (χ3n) is 2.57. The summed E-state index contributed by atoms with van der Waals surface area (Å²) in [6, 6.07) is 3.82. The third-order valence-corrected chi connectivity index (χ3v) is 2.57. The second kappa shape index (κ2) is 5.58. The summed E-state index contributed by atoms with van der Waals surface area (Å²) in [5, 5.41) is 6.57. The molecule has 0 saturated heterocycles. The highest BCUT2D eigenvalue weighted by molar-refractivity contribution is 5.79. The first kappa shape index (κ1) is 11.0. The third kappa shape index (κ3) is 3.61. The normalized spacial score (nSPS) is 16.2. The van der Waals surface area contributed by atoms with Crippen molar-refractivity contribution >= 4 is 5.96 Å². The fourth-order valence-corrected chi connectivity index (χ4v) is 1.46. The van der Waals surface area contributed by atoms with Crippen LogP contribution >= 0.6 is 0 Å². The molecule has 0 unspecified atom stereocenters. The summed E-state index contributed by atoms with van der Waals surface area (Å²) in [4.78, 5) is 4.46. The minimum absolute atomic E-state index is 0.590. The molecule has 0 aliphatic heterocycles. The molecule has 0 spiro atoms. The van der Waals surface area contributed by atoms with Crippen molar-refractivity contribution in [1.29, 1.82) is 0 Å². The first-order valence-electron chi connectivity index (χ1n) is 5.93. The average molecular weight is 221 g/mol. The minimum Gasteiger partial charge on any atom is -0.467 e. The van der Waals surface area contributed by atoms with Gasteiger partial charge in [-0.3, -0.25) is 0 Å². The Morgan fingerprint density at radius 2 is 2.38 bits per heavy atom. The van der Waals surface area contributed by atoms with Crippen LogP contribution in [-0.2, 0) is 6.54 Å². The van der Waals surface area contributed by atoms with Gasteiger partial charge in [0.25, 0.3) is 0 Å². The molecule has 2 rings (SSSR count). The Bertz CT molecular complexity index is 328. The Morgan fingerprint density at radius 3 is 3.00 bits per heavy atom. The van der Waals surface area contributed by atoms with Crippen molar-refractivity contribution in [3.8, 4) is 0 Å². The van der Waals surface area contributed by atoms with Crippen molar-refractivity contribution in [2.45, 2.75) is 26.3 Å². The van der Waals surface area contributed by atoms with Gasteiger partial charge in [-0.05, 0) is 37.8 Å². The molecule has 0 amide bonds. The van der Waals surface area contributed by atoms with Crippen LogP contribution in [0.2, 0.25) is 0 Å². The molecular weight excluding hydrogens is 202 g/mol. The number of furan rings is 1. The van der Waals surface area contributed by atoms with Crippen LogP contribution in [0.1, 0.15) is 25.5 Å². The van der Waals surface area contributed by atoms with Crippen LogP contribution in [0.4, 0.5) is 0 Å². The van der Waals surface area contributed by atoms with Gasteiger partial charge < -0.3 is 15.1 Å². The molecule has 2 N–H and O–H groups in total. The zero-order chi connectivity index (χ0) is 11.2. The van der Waals surface area contributed by atoms with Crippen molar-refractivity contribution < 1.29 is 4.42 Å². The van der Waals surface area contributed by atoms with Gasteiger partial charge in [0.2, 0.25) is 0 Å². The molecule has 1 aromatic rings. The van der Waals surface area contributed by atoms with Crippen molar-refractivity contribution in [1.82, 2.24) is 10.6 Å². The number of rotatable bonds is 5. The van der Waals surface area contributed by atoms with E-state index >= 15 is 0 Å². The summed E-state index contributed by atoms with van der Waals surface area (Å²) >= 11 is 0. The molecule has 1 fully saturated rings. The fraction of sp³-hybridized carbons (Fsp3) is 0.583. The standard InChI is InChI=1S/C12H19N3O/c1-2-13-12(14-8-10-5-6-10)15-9-11-4-3-7-16-11/h3-4,7,10H,2,5-6,8-9H2,1H3,(H2,13,14,15). The predicted octanol–water partition coefficient (Wildman–Crippen LogP) is 1.74. The first-order chi connectivity index (χ1) is 7.88. The average Bonchev–Trinajstić information content (AvgIpc) is 2.97. The highest BCUT2D eigenvalue weighted by Gasteiger charge is 2.20. The number of aliphatic imine (C=N–C) groups is 1. The largest absolute Gasteiger partial charge is 0.467 e. The number of hydrogen-bond acceptors (Lipinski definition) is 2. The smallest absolute Gasteiger partial charge is 0.191 e. The Morgan fingerprint density at radius 1 is 1.50 bits per heavy atom. The Labute approximate surface area is 96.1 Å². The molecule has 0 radical (unpaired) electrons. The molecule has 88 valence electrons. The van der Waals surface area contributed by atoms with Crippen LogP contribution < -0.4 is 10.6 Å². The van der Waals surface area contributed by atoms with Crippen molar-refractivity contribution in [3.63, 3.8) is 0 Å². The van der Waals surface area contributed by atoms with Gasteiger partial charge in [-0.25, -0.2) is 4.99 Å². The zero-order valence-corrected chi connectivity index (χ0v) is 9.70. The molecular formula is C12H19N3O. The molecule has 1 aliphatic carbocycles. The summed E-state index contributed by atoms with van der Waals surface area (Å²) in [6.45, 7) is 4.58. The molecule has 0 bridgehead atoms. The summed E-state index contributed by atoms with van der Waals surface area (Å²) < 4.78 is 5.24. The van der Waals surface area contributed by atoms with E-state index in [-0.39, 0.29) is 0 Å². The summed E-state index contributed by atoms with van der Waals surface area (Å²) in [6.07, 6.45) is 4.38. The molecule has 1 saturated carbocycles. The molecule has 0 aromatic carbocycles. The topological polar surface area (TPSA) is 49.6 Å². The molecule has 4 heteroatoms. The van der Waals surface area contributed by atoms with Gasteiger partial charge in [0, 0.05) is 13.1 Å². The monoisotopic (exact) mass is 221 g/mol. The van der Waals surface area contributed by atoms with Gasteiger partial charge in [0.1, 0.15) is 12.3 Å². The van der Waals surface area contributed by atoms with E-state index in [1.165, 1.54) is 12.8 Å². The highest BCUT2D eigenvalue weighted by Crippen LogP contribution is 2.27. The van der Waals surface area contributed by atoms with Gasteiger partial charge in [-0.15, -0.1) is 0 Å². The maximum Gasteiger partial charge on any atom is 0.191 e. The lowest BCUT2D eigenvalue weighted by atomic mass is 10.4. The quantitative estimate of drug-likeness (QED) is 0.588. The van der Waals surface area contributed by atoms with Gasteiger partial charge >= 0.3 is 0 Å². The lowest BCUT2D eigenvalue weighted by Crippen LogP contribution is -2.38. The highest BCUT2D eigenvalue weighted by atomic mass is 16.3. The van der Waals surface area contributed by atoms with Gasteiger partial charge in [-0.1, -0.05) is 0 Å². The maximum absolute atomic E-state index is 5.24. The van der Waals surface area contributed by atoms with E-state index in [1.807, 2.05) is 12.1 Å². The van der Waals surface area contributed by atoms with E-state index in [9.17, 15) is 0 Å². The van der Waals surface area contributed by atoms with E-state index in [2.05, 4.69) is 22.5 Å². The van der Waals surface area contributed by atoms with E-state index < -0.39 is 0 Å². The SMILES string of the molecule is CCNC(=NCc1ccco1)NCC1CC1. The molecule has 16 heavy (non-hydrogen) atoms. The fourth-order valence-electron chi connectivity index (χ4n) is 1.46. The van der Waals surface area contributed by atoms with Crippen molar-refractivity contribution in [2.24, 2.45) is 10.9 Å². The molecule has 1 aromatic heterocycles. The van der Waals surface area contributed by atoms with Crippen LogP contribution in [0.15, 0.2) is 27.8 Å². The minimum atomic E-state index is 0.590. The van der Waals surface area contributed by atoms with E-state index in [0.29, 0.717) is 6.54 Å². The number of guanidine groups is 1. The number of hydrogen-bond donors (Lipinski definition) is 2. The molecule has 4 nitrogen and oxygen atoms in total. The number of nitrogens with one attached hydrogen (secondary N) is 2. The number of nitrogens with zero attached hydrogens (tertiary/aromatic N) is 1. The summed E-state index contributed by atoms with van der Waals surface area (Å²) in [7, 11) is 0.